The number of hydrogen-bond donors (Lipinski definition) is 1. The maximum Gasteiger partial charge on any atom is 0.374 e. The molecule has 0 bridgehead atoms. The summed E-state index contributed by atoms with van der Waals surface area (Å²) in [5.41, 5.74) is 7.53. The van der Waals surface area contributed by atoms with Crippen LogP contribution in [0.25, 0.3) is 0 Å². The summed E-state index contributed by atoms with van der Waals surface area (Å²) in [5, 5.41) is 4.40. The normalized spacial score (nSPS) is 12.6. The minimum absolute atomic E-state index is 0.0973. The summed E-state index contributed by atoms with van der Waals surface area (Å²) in [6.45, 7) is 3.48. The van der Waals surface area contributed by atoms with Gasteiger partial charge >= 0.3 is 5.97 Å². The van der Waals surface area contributed by atoms with Crippen LogP contribution < -0.4 is 10.5 Å². The molecular weight excluding hydrogens is 351 g/mol. The van der Waals surface area contributed by atoms with Gasteiger partial charge < -0.3 is 15.3 Å². The summed E-state index contributed by atoms with van der Waals surface area (Å²) in [6, 6.07) is 12.0. The van der Waals surface area contributed by atoms with Crippen LogP contribution in [0.2, 0.25) is 10.0 Å². The summed E-state index contributed by atoms with van der Waals surface area (Å²) in [6.07, 6.45) is -0.918. The van der Waals surface area contributed by atoms with Crippen molar-refractivity contribution in [2.75, 3.05) is 0 Å². The highest BCUT2D eigenvalue weighted by Crippen LogP contribution is 2.28. The molecule has 0 aliphatic carbocycles. The van der Waals surface area contributed by atoms with Crippen molar-refractivity contribution < 1.29 is 14.4 Å². The molecule has 0 amide bonds. The Morgan fingerprint density at radius 1 is 1.17 bits per heavy atom. The second-order valence-corrected chi connectivity index (χ2v) is 5.93. The Morgan fingerprint density at radius 2 is 1.83 bits per heavy atom. The summed E-state index contributed by atoms with van der Waals surface area (Å²) in [7, 11) is 0. The molecule has 0 aliphatic heterocycles. The van der Waals surface area contributed by atoms with Crippen molar-refractivity contribution in [2.24, 2.45) is 10.9 Å². The van der Waals surface area contributed by atoms with E-state index in [4.69, 9.17) is 38.5 Å². The third-order valence-electron chi connectivity index (χ3n) is 3.11. The number of carbonyl (C=O) groups excluding carboxylic acids is 1. The van der Waals surface area contributed by atoms with Crippen LogP contribution in [0.1, 0.15) is 18.1 Å². The molecular formula is C17H16Cl2N2O3. The van der Waals surface area contributed by atoms with Crippen LogP contribution in [0.4, 0.5) is 0 Å². The number of amidine groups is 1. The topological polar surface area (TPSA) is 73.9 Å². The molecule has 126 valence electrons. The van der Waals surface area contributed by atoms with Crippen LogP contribution in [-0.4, -0.2) is 17.9 Å². The van der Waals surface area contributed by atoms with Crippen LogP contribution in [0, 0.1) is 6.92 Å². The number of nitrogens with zero attached hydrogens (tertiary/aromatic N) is 1. The number of nitrogens with two attached hydrogens (primary N) is 1. The molecule has 0 aliphatic rings. The fourth-order valence-electron chi connectivity index (χ4n) is 1.75. The molecule has 2 aromatic carbocycles. The molecule has 2 rings (SSSR count). The van der Waals surface area contributed by atoms with Crippen molar-refractivity contribution in [3.05, 3.63) is 63.6 Å². The van der Waals surface area contributed by atoms with Gasteiger partial charge in [0, 0.05) is 10.6 Å². The van der Waals surface area contributed by atoms with Crippen LogP contribution in [0.5, 0.6) is 5.75 Å². The van der Waals surface area contributed by atoms with Gasteiger partial charge in [0.15, 0.2) is 11.9 Å². The molecule has 0 saturated heterocycles. The summed E-state index contributed by atoms with van der Waals surface area (Å²) in [5.74, 6) is -0.280. The average molecular weight is 367 g/mol. The second kappa shape index (κ2) is 8.04. The molecule has 5 nitrogen and oxygen atoms in total. The Morgan fingerprint density at radius 3 is 2.46 bits per heavy atom. The van der Waals surface area contributed by atoms with Crippen molar-refractivity contribution in [3.63, 3.8) is 0 Å². The Balaban J connectivity index is 1.98. The van der Waals surface area contributed by atoms with E-state index in [0.717, 1.165) is 5.56 Å². The third-order valence-corrected chi connectivity index (χ3v) is 3.64. The lowest BCUT2D eigenvalue weighted by Crippen LogP contribution is -2.26. The predicted octanol–water partition coefficient (Wildman–Crippen LogP) is 3.93. The number of rotatable bonds is 5. The second-order valence-electron chi connectivity index (χ2n) is 5.09. The van der Waals surface area contributed by atoms with Gasteiger partial charge in [0.1, 0.15) is 5.75 Å². The molecule has 0 radical (unpaired) electrons. The monoisotopic (exact) mass is 366 g/mol. The van der Waals surface area contributed by atoms with Crippen molar-refractivity contribution >= 4 is 35.0 Å². The average Bonchev–Trinajstić information content (AvgIpc) is 2.55. The molecule has 7 heteroatoms. The smallest absolute Gasteiger partial charge is 0.374 e. The highest BCUT2D eigenvalue weighted by molar-refractivity contribution is 6.35. The summed E-state index contributed by atoms with van der Waals surface area (Å²) < 4.78 is 5.44. The SMILES string of the molecule is Cc1ccc(/C(N)=N\OC(=O)[C@H](C)Oc2ccc(Cl)cc2Cl)cc1. The summed E-state index contributed by atoms with van der Waals surface area (Å²) >= 11 is 11.8. The Hall–Kier alpha value is -2.24. The van der Waals surface area contributed by atoms with Gasteiger partial charge in [-0.05, 0) is 32.0 Å². The standard InChI is InChI=1S/C17H16Cl2N2O3/c1-10-3-5-12(6-4-10)16(20)21-24-17(22)11(2)23-15-8-7-13(18)9-14(15)19/h3-9,11H,1-2H3,(H2,20,21)/t11-/m0/s1. The van der Waals surface area contributed by atoms with Gasteiger partial charge in [0.25, 0.3) is 0 Å². The zero-order valence-corrected chi connectivity index (χ0v) is 14.6. The van der Waals surface area contributed by atoms with Crippen molar-refractivity contribution in [3.8, 4) is 5.75 Å². The predicted molar refractivity (Wildman–Crippen MR) is 94.5 cm³/mol. The van der Waals surface area contributed by atoms with Crippen molar-refractivity contribution in [2.45, 2.75) is 20.0 Å². The van der Waals surface area contributed by atoms with Gasteiger partial charge in [-0.2, -0.15) is 0 Å². The lowest BCUT2D eigenvalue weighted by molar-refractivity contribution is -0.151. The molecule has 0 fully saturated rings. The van der Waals surface area contributed by atoms with E-state index in [9.17, 15) is 4.79 Å². The molecule has 2 aromatic rings. The number of ether oxygens (including phenoxy) is 1. The fraction of sp³-hybridized carbons (Fsp3) is 0.176. The number of hydrogen-bond acceptors (Lipinski definition) is 4. The Kier molecular flexibility index (Phi) is 6.06. The number of halogens is 2. The van der Waals surface area contributed by atoms with E-state index in [1.807, 2.05) is 19.1 Å². The van der Waals surface area contributed by atoms with Crippen LogP contribution >= 0.6 is 23.2 Å². The van der Waals surface area contributed by atoms with Gasteiger partial charge in [-0.3, -0.25) is 0 Å². The first-order valence-electron chi connectivity index (χ1n) is 7.10. The quantitative estimate of drug-likeness (QED) is 0.376. The lowest BCUT2D eigenvalue weighted by atomic mass is 10.1. The minimum atomic E-state index is -0.918. The number of oxime groups is 1. The number of aryl methyl sites for hydroxylation is 1. The Labute approximate surface area is 149 Å². The molecule has 0 heterocycles. The lowest BCUT2D eigenvalue weighted by Gasteiger charge is -2.13. The fourth-order valence-corrected chi connectivity index (χ4v) is 2.21. The van der Waals surface area contributed by atoms with E-state index in [1.165, 1.54) is 13.0 Å². The summed E-state index contributed by atoms with van der Waals surface area (Å²) in [4.78, 5) is 16.8. The zero-order valence-electron chi connectivity index (χ0n) is 13.1. The zero-order chi connectivity index (χ0) is 17.7. The van der Waals surface area contributed by atoms with Crippen LogP contribution in [0.3, 0.4) is 0 Å². The molecule has 0 saturated carbocycles. The van der Waals surface area contributed by atoms with Gasteiger partial charge in [0.05, 0.1) is 5.02 Å². The maximum absolute atomic E-state index is 11.9. The Bertz CT molecular complexity index is 761. The van der Waals surface area contributed by atoms with Crippen molar-refractivity contribution in [1.82, 2.24) is 0 Å². The van der Waals surface area contributed by atoms with E-state index < -0.39 is 12.1 Å². The largest absolute Gasteiger partial charge is 0.477 e. The van der Waals surface area contributed by atoms with E-state index in [0.29, 0.717) is 21.4 Å². The first-order chi connectivity index (χ1) is 11.4. The molecule has 2 N–H and O–H groups in total. The van der Waals surface area contributed by atoms with E-state index >= 15 is 0 Å². The molecule has 0 spiro atoms. The van der Waals surface area contributed by atoms with E-state index in [-0.39, 0.29) is 5.84 Å². The van der Waals surface area contributed by atoms with E-state index in [1.54, 1.807) is 24.3 Å². The maximum atomic E-state index is 11.9. The molecule has 0 aromatic heterocycles. The van der Waals surface area contributed by atoms with Gasteiger partial charge in [-0.25, -0.2) is 4.79 Å². The third kappa shape index (κ3) is 4.88. The minimum Gasteiger partial charge on any atom is -0.477 e. The van der Waals surface area contributed by atoms with Gasteiger partial charge in [-0.1, -0.05) is 58.2 Å². The van der Waals surface area contributed by atoms with E-state index in [2.05, 4.69) is 5.16 Å². The first kappa shape index (κ1) is 18.1. The van der Waals surface area contributed by atoms with Crippen LogP contribution in [-0.2, 0) is 9.63 Å². The molecule has 24 heavy (non-hydrogen) atoms. The highest BCUT2D eigenvalue weighted by Gasteiger charge is 2.18. The number of carbonyl (C=O) groups is 1. The molecule has 0 unspecified atom stereocenters. The number of benzene rings is 2. The van der Waals surface area contributed by atoms with Gasteiger partial charge in [0.2, 0.25) is 0 Å². The van der Waals surface area contributed by atoms with Crippen molar-refractivity contribution in [1.29, 1.82) is 0 Å². The van der Waals surface area contributed by atoms with Crippen LogP contribution in [0.15, 0.2) is 47.6 Å². The highest BCUT2D eigenvalue weighted by atomic mass is 35.5. The van der Waals surface area contributed by atoms with Gasteiger partial charge in [-0.15, -0.1) is 0 Å². The molecule has 1 atom stereocenters. The first-order valence-corrected chi connectivity index (χ1v) is 7.85.